The van der Waals surface area contributed by atoms with E-state index in [1.54, 1.807) is 54.6 Å². The van der Waals surface area contributed by atoms with E-state index in [4.69, 9.17) is 5.73 Å². The number of aromatic nitrogens is 4. The Balaban J connectivity index is 1.84. The largest absolute Gasteiger partial charge is 0.364 e. The number of fused-ring (bicyclic) bond motifs is 1. The minimum atomic E-state index is -3.70. The number of nitrogens with two attached hydrogens (primary N) is 1. The third-order valence-corrected chi connectivity index (χ3v) is 5.71. The van der Waals surface area contributed by atoms with Crippen LogP contribution in [0.2, 0.25) is 0 Å². The Kier molecular flexibility index (Phi) is 3.58. The van der Waals surface area contributed by atoms with Crippen LogP contribution in [0.1, 0.15) is 10.5 Å². The molecule has 4 rings (SSSR count). The molecule has 0 atom stereocenters. The topological polar surface area (TPSA) is 124 Å². The van der Waals surface area contributed by atoms with E-state index in [1.165, 1.54) is 10.2 Å². The highest BCUT2D eigenvalue weighted by atomic mass is 32.2. The molecule has 3 N–H and O–H groups in total. The summed E-state index contributed by atoms with van der Waals surface area (Å²) >= 11 is 0. The fourth-order valence-electron chi connectivity index (χ4n) is 2.78. The molecule has 0 bridgehead atoms. The van der Waals surface area contributed by atoms with Crippen LogP contribution >= 0.6 is 0 Å². The Morgan fingerprint density at radius 3 is 2.54 bits per heavy atom. The van der Waals surface area contributed by atoms with Crippen LogP contribution in [-0.2, 0) is 10.0 Å². The molecule has 8 nitrogen and oxygen atoms in total. The van der Waals surface area contributed by atoms with Crippen LogP contribution in [0.3, 0.4) is 0 Å². The summed E-state index contributed by atoms with van der Waals surface area (Å²) in [6.45, 7) is 0. The number of carbonyl (C=O) groups is 1. The molecule has 0 saturated carbocycles. The van der Waals surface area contributed by atoms with Crippen molar-refractivity contribution in [3.63, 3.8) is 0 Å². The van der Waals surface area contributed by atoms with Gasteiger partial charge in [0, 0.05) is 17.1 Å². The molecule has 0 aliphatic heterocycles. The molecular formula is C17H13N5O3S. The van der Waals surface area contributed by atoms with Crippen LogP contribution in [0.15, 0.2) is 65.7 Å². The lowest BCUT2D eigenvalue weighted by Gasteiger charge is -2.08. The van der Waals surface area contributed by atoms with Gasteiger partial charge in [-0.15, -0.1) is 0 Å². The molecule has 9 heteroatoms. The zero-order chi connectivity index (χ0) is 18.3. The summed E-state index contributed by atoms with van der Waals surface area (Å²) in [6, 6.07) is 14.9. The highest BCUT2D eigenvalue weighted by Gasteiger charge is 2.20. The predicted octanol–water partition coefficient (Wildman–Crippen LogP) is 1.76. The maximum absolute atomic E-state index is 12.8. The van der Waals surface area contributed by atoms with Gasteiger partial charge < -0.3 is 5.73 Å². The number of hydrogen-bond donors (Lipinski definition) is 2. The Morgan fingerprint density at radius 1 is 1.04 bits per heavy atom. The average molecular weight is 367 g/mol. The lowest BCUT2D eigenvalue weighted by atomic mass is 10.1. The average Bonchev–Trinajstić information content (AvgIpc) is 3.29. The number of carbonyl (C=O) groups excluding carboxylic acids is 1. The normalized spacial score (nSPS) is 11.7. The van der Waals surface area contributed by atoms with Gasteiger partial charge in [0.05, 0.1) is 10.4 Å². The molecule has 0 aliphatic rings. The van der Waals surface area contributed by atoms with Crippen molar-refractivity contribution in [2.24, 2.45) is 5.73 Å². The first-order chi connectivity index (χ1) is 12.5. The molecule has 0 radical (unpaired) electrons. The molecule has 0 spiro atoms. The van der Waals surface area contributed by atoms with Gasteiger partial charge >= 0.3 is 0 Å². The van der Waals surface area contributed by atoms with E-state index >= 15 is 0 Å². The summed E-state index contributed by atoms with van der Waals surface area (Å²) in [6.07, 6.45) is 1.49. The van der Waals surface area contributed by atoms with Gasteiger partial charge in [0.15, 0.2) is 5.69 Å². The second-order valence-electron chi connectivity index (χ2n) is 5.59. The first-order valence-electron chi connectivity index (χ1n) is 7.61. The Bertz CT molecular complexity index is 1230. The van der Waals surface area contributed by atoms with Crippen LogP contribution < -0.4 is 5.73 Å². The maximum Gasteiger partial charge on any atom is 0.271 e. The second-order valence-corrected chi connectivity index (χ2v) is 7.40. The summed E-state index contributed by atoms with van der Waals surface area (Å²) < 4.78 is 26.9. The number of aromatic amines is 1. The third kappa shape index (κ3) is 2.45. The van der Waals surface area contributed by atoms with E-state index < -0.39 is 15.9 Å². The summed E-state index contributed by atoms with van der Waals surface area (Å²) in [4.78, 5) is 11.6. The smallest absolute Gasteiger partial charge is 0.271 e. The SMILES string of the molecule is NC(=O)c1n[nH]nc1-c1ccc2c(ccn2S(=O)(=O)c2ccccc2)c1. The fourth-order valence-corrected chi connectivity index (χ4v) is 4.16. The second kappa shape index (κ2) is 5.81. The van der Waals surface area contributed by atoms with E-state index in [2.05, 4.69) is 15.4 Å². The molecule has 0 saturated heterocycles. The molecule has 0 unspecified atom stereocenters. The van der Waals surface area contributed by atoms with Gasteiger partial charge in [0.2, 0.25) is 0 Å². The highest BCUT2D eigenvalue weighted by Crippen LogP contribution is 2.27. The summed E-state index contributed by atoms with van der Waals surface area (Å²) in [7, 11) is -3.70. The Hall–Kier alpha value is -3.46. The summed E-state index contributed by atoms with van der Waals surface area (Å²) in [5.74, 6) is -0.696. The number of benzene rings is 2. The lowest BCUT2D eigenvalue weighted by Crippen LogP contribution is -2.13. The number of amides is 1. The molecule has 130 valence electrons. The Labute approximate surface area is 148 Å². The van der Waals surface area contributed by atoms with Crippen LogP contribution in [-0.4, -0.2) is 33.7 Å². The van der Waals surface area contributed by atoms with Crippen molar-refractivity contribution in [2.45, 2.75) is 4.90 Å². The Morgan fingerprint density at radius 2 is 1.81 bits per heavy atom. The van der Waals surface area contributed by atoms with Gasteiger partial charge in [-0.3, -0.25) is 4.79 Å². The van der Waals surface area contributed by atoms with Crippen molar-refractivity contribution in [3.05, 3.63) is 66.5 Å². The van der Waals surface area contributed by atoms with E-state index in [-0.39, 0.29) is 10.6 Å². The monoisotopic (exact) mass is 367 g/mol. The van der Waals surface area contributed by atoms with Gasteiger partial charge in [-0.05, 0) is 30.3 Å². The fraction of sp³-hybridized carbons (Fsp3) is 0. The molecule has 0 aliphatic carbocycles. The maximum atomic E-state index is 12.8. The number of H-pyrrole nitrogens is 1. The quantitative estimate of drug-likeness (QED) is 0.569. The van der Waals surface area contributed by atoms with Gasteiger partial charge in [-0.2, -0.15) is 15.4 Å². The zero-order valence-electron chi connectivity index (χ0n) is 13.3. The van der Waals surface area contributed by atoms with Crippen molar-refractivity contribution in [2.75, 3.05) is 0 Å². The van der Waals surface area contributed by atoms with Crippen LogP contribution in [0, 0.1) is 0 Å². The minimum Gasteiger partial charge on any atom is -0.364 e. The van der Waals surface area contributed by atoms with E-state index in [0.717, 1.165) is 0 Å². The molecule has 2 aromatic heterocycles. The standard InChI is InChI=1S/C17H13N5O3S/c18-17(23)16-15(19-21-20-16)12-6-7-14-11(10-12)8-9-22(14)26(24,25)13-4-2-1-3-5-13/h1-10H,(H2,18,23)(H,19,20,21). The van der Waals surface area contributed by atoms with Gasteiger partial charge in [-0.25, -0.2) is 12.4 Å². The minimum absolute atomic E-state index is 0.0284. The van der Waals surface area contributed by atoms with Crippen molar-refractivity contribution in [1.82, 2.24) is 19.4 Å². The number of primary amides is 1. The van der Waals surface area contributed by atoms with Crippen LogP contribution in [0.25, 0.3) is 22.2 Å². The molecule has 4 aromatic rings. The van der Waals surface area contributed by atoms with Gasteiger partial charge in [-0.1, -0.05) is 24.3 Å². The number of rotatable bonds is 4. The molecule has 0 fully saturated rings. The first-order valence-corrected chi connectivity index (χ1v) is 9.05. The summed E-state index contributed by atoms with van der Waals surface area (Å²) in [5, 5.41) is 10.8. The lowest BCUT2D eigenvalue weighted by molar-refractivity contribution is 0.0996. The van der Waals surface area contributed by atoms with Crippen molar-refractivity contribution in [3.8, 4) is 11.3 Å². The van der Waals surface area contributed by atoms with E-state index in [0.29, 0.717) is 22.2 Å². The van der Waals surface area contributed by atoms with Gasteiger partial charge in [0.25, 0.3) is 15.9 Å². The zero-order valence-corrected chi connectivity index (χ0v) is 14.1. The highest BCUT2D eigenvalue weighted by molar-refractivity contribution is 7.90. The van der Waals surface area contributed by atoms with Crippen molar-refractivity contribution in [1.29, 1.82) is 0 Å². The van der Waals surface area contributed by atoms with E-state index in [9.17, 15) is 13.2 Å². The van der Waals surface area contributed by atoms with Gasteiger partial charge in [0.1, 0.15) is 5.69 Å². The molecule has 2 heterocycles. The first kappa shape index (κ1) is 16.0. The van der Waals surface area contributed by atoms with Crippen molar-refractivity contribution >= 4 is 26.8 Å². The number of nitrogens with one attached hydrogen (secondary N) is 1. The molecule has 1 amide bonds. The predicted molar refractivity (Wildman–Crippen MR) is 94.9 cm³/mol. The van der Waals surface area contributed by atoms with E-state index in [1.807, 2.05) is 0 Å². The van der Waals surface area contributed by atoms with Crippen molar-refractivity contribution < 1.29 is 13.2 Å². The molecule has 2 aromatic carbocycles. The third-order valence-electron chi connectivity index (χ3n) is 4.01. The molecular weight excluding hydrogens is 354 g/mol. The number of hydrogen-bond acceptors (Lipinski definition) is 5. The van der Waals surface area contributed by atoms with Crippen LogP contribution in [0.5, 0.6) is 0 Å². The summed E-state index contributed by atoms with van der Waals surface area (Å²) in [5.41, 5.74) is 6.76. The van der Waals surface area contributed by atoms with Crippen LogP contribution in [0.4, 0.5) is 0 Å². The number of nitrogens with zero attached hydrogens (tertiary/aromatic N) is 3. The molecule has 26 heavy (non-hydrogen) atoms.